The molecule has 24 heavy (non-hydrogen) atoms. The Labute approximate surface area is 140 Å². The lowest BCUT2D eigenvalue weighted by molar-refractivity contribution is 1.08. The van der Waals surface area contributed by atoms with Gasteiger partial charge in [0.05, 0.1) is 29.0 Å². The zero-order valence-corrected chi connectivity index (χ0v) is 13.3. The average molecular weight is 309 g/mol. The summed E-state index contributed by atoms with van der Waals surface area (Å²) in [6.45, 7) is 1.99. The van der Waals surface area contributed by atoms with Crippen molar-refractivity contribution in [1.82, 2.24) is 9.55 Å². The molecule has 0 saturated heterocycles. The minimum Gasteiger partial charge on any atom is -0.315 e. The first kappa shape index (κ1) is 14.2. The van der Waals surface area contributed by atoms with Crippen LogP contribution in [0.5, 0.6) is 0 Å². The van der Waals surface area contributed by atoms with E-state index in [0.717, 1.165) is 33.4 Å². The molecule has 0 aliphatic heterocycles. The van der Waals surface area contributed by atoms with Crippen LogP contribution in [-0.4, -0.2) is 9.55 Å². The number of fused-ring (bicyclic) bond motifs is 1. The van der Waals surface area contributed by atoms with Crippen LogP contribution >= 0.6 is 0 Å². The van der Waals surface area contributed by atoms with Gasteiger partial charge in [-0.2, -0.15) is 5.26 Å². The van der Waals surface area contributed by atoms with Gasteiger partial charge in [-0.15, -0.1) is 0 Å². The van der Waals surface area contributed by atoms with Gasteiger partial charge in [-0.1, -0.05) is 18.2 Å². The quantitative estimate of drug-likeness (QED) is 0.530. The molecular formula is C21H15N3. The molecule has 0 amide bonds. The number of rotatable bonds is 2. The summed E-state index contributed by atoms with van der Waals surface area (Å²) in [6.07, 6.45) is 3.95. The van der Waals surface area contributed by atoms with Gasteiger partial charge >= 0.3 is 0 Å². The zero-order chi connectivity index (χ0) is 16.5. The molecule has 3 heteroatoms. The van der Waals surface area contributed by atoms with Crippen molar-refractivity contribution in [3.8, 4) is 22.9 Å². The standard InChI is InChI=1S/C21H15N3/c1-15-5-7-20(14-23-15)24-10-9-19-12-18(6-8-21(19)24)17-4-2-3-16(11-17)13-22/h2-12,14H,1H3. The Bertz CT molecular complexity index is 1070. The number of aryl methyl sites for hydroxylation is 1. The third-order valence-electron chi connectivity index (χ3n) is 4.19. The monoisotopic (exact) mass is 309 g/mol. The van der Waals surface area contributed by atoms with E-state index in [1.807, 2.05) is 43.5 Å². The second-order valence-electron chi connectivity index (χ2n) is 5.81. The van der Waals surface area contributed by atoms with E-state index in [0.29, 0.717) is 5.56 Å². The predicted molar refractivity (Wildman–Crippen MR) is 96.0 cm³/mol. The summed E-state index contributed by atoms with van der Waals surface area (Å²) in [5.41, 5.74) is 6.04. The van der Waals surface area contributed by atoms with Crippen molar-refractivity contribution in [2.45, 2.75) is 6.92 Å². The van der Waals surface area contributed by atoms with E-state index in [-0.39, 0.29) is 0 Å². The second-order valence-corrected chi connectivity index (χ2v) is 5.81. The molecule has 0 saturated carbocycles. The van der Waals surface area contributed by atoms with Gasteiger partial charge in [-0.25, -0.2) is 0 Å². The highest BCUT2D eigenvalue weighted by Gasteiger charge is 2.06. The van der Waals surface area contributed by atoms with Crippen molar-refractivity contribution >= 4 is 10.9 Å². The molecule has 4 aromatic rings. The van der Waals surface area contributed by atoms with E-state index in [9.17, 15) is 0 Å². The minimum atomic E-state index is 0.677. The van der Waals surface area contributed by atoms with E-state index in [2.05, 4.69) is 52.1 Å². The SMILES string of the molecule is Cc1ccc(-n2ccc3cc(-c4cccc(C#N)c4)ccc32)cn1. The number of aromatic nitrogens is 2. The van der Waals surface area contributed by atoms with Crippen molar-refractivity contribution in [2.24, 2.45) is 0 Å². The number of nitrogens with zero attached hydrogens (tertiary/aromatic N) is 3. The largest absolute Gasteiger partial charge is 0.315 e. The van der Waals surface area contributed by atoms with E-state index in [1.54, 1.807) is 0 Å². The van der Waals surface area contributed by atoms with Crippen LogP contribution in [0.3, 0.4) is 0 Å². The summed E-state index contributed by atoms with van der Waals surface area (Å²) < 4.78 is 2.14. The third kappa shape index (κ3) is 2.45. The first-order valence-electron chi connectivity index (χ1n) is 7.79. The smallest absolute Gasteiger partial charge is 0.0991 e. The Balaban J connectivity index is 1.80. The van der Waals surface area contributed by atoms with E-state index < -0.39 is 0 Å². The maximum Gasteiger partial charge on any atom is 0.0991 e. The van der Waals surface area contributed by atoms with Gasteiger partial charge in [-0.05, 0) is 60.5 Å². The highest BCUT2D eigenvalue weighted by Crippen LogP contribution is 2.27. The molecule has 0 unspecified atom stereocenters. The van der Waals surface area contributed by atoms with Gasteiger partial charge in [0.2, 0.25) is 0 Å². The highest BCUT2D eigenvalue weighted by molar-refractivity contribution is 5.87. The van der Waals surface area contributed by atoms with Crippen LogP contribution in [0.4, 0.5) is 0 Å². The maximum absolute atomic E-state index is 9.07. The van der Waals surface area contributed by atoms with E-state index >= 15 is 0 Å². The maximum atomic E-state index is 9.07. The summed E-state index contributed by atoms with van der Waals surface area (Å²) in [4.78, 5) is 4.37. The predicted octanol–water partition coefficient (Wildman–Crippen LogP) is 4.87. The summed E-state index contributed by atoms with van der Waals surface area (Å²) in [5, 5.41) is 10.2. The number of nitriles is 1. The fraction of sp³-hybridized carbons (Fsp3) is 0.0476. The third-order valence-corrected chi connectivity index (χ3v) is 4.19. The lowest BCUT2D eigenvalue weighted by atomic mass is 10.0. The van der Waals surface area contributed by atoms with Gasteiger partial charge in [0.15, 0.2) is 0 Å². The van der Waals surface area contributed by atoms with E-state index in [4.69, 9.17) is 5.26 Å². The topological polar surface area (TPSA) is 41.6 Å². The van der Waals surface area contributed by atoms with Gasteiger partial charge < -0.3 is 4.57 Å². The Hall–Kier alpha value is -3.38. The van der Waals surface area contributed by atoms with E-state index in [1.165, 1.54) is 0 Å². The molecule has 0 aliphatic carbocycles. The molecule has 0 aliphatic rings. The Morgan fingerprint density at radius 3 is 2.62 bits per heavy atom. The van der Waals surface area contributed by atoms with Crippen LogP contribution in [0.2, 0.25) is 0 Å². The normalized spacial score (nSPS) is 10.7. The lowest BCUT2D eigenvalue weighted by Gasteiger charge is -2.07. The summed E-state index contributed by atoms with van der Waals surface area (Å²) in [5.74, 6) is 0. The second kappa shape index (κ2) is 5.68. The van der Waals surface area contributed by atoms with Crippen molar-refractivity contribution in [2.75, 3.05) is 0 Å². The first-order chi connectivity index (χ1) is 11.7. The van der Waals surface area contributed by atoms with Gasteiger partial charge in [0, 0.05) is 17.3 Å². The van der Waals surface area contributed by atoms with Gasteiger partial charge in [0.1, 0.15) is 0 Å². The minimum absolute atomic E-state index is 0.677. The Kier molecular flexibility index (Phi) is 3.36. The number of hydrogen-bond donors (Lipinski definition) is 0. The molecule has 3 nitrogen and oxygen atoms in total. The molecule has 0 spiro atoms. The molecule has 2 aromatic heterocycles. The molecule has 0 N–H and O–H groups in total. The molecule has 0 radical (unpaired) electrons. The average Bonchev–Trinajstić information content (AvgIpc) is 3.05. The molecule has 0 atom stereocenters. The summed E-state index contributed by atoms with van der Waals surface area (Å²) in [6, 6.07) is 22.4. The molecular weight excluding hydrogens is 294 g/mol. The Morgan fingerprint density at radius 2 is 1.83 bits per heavy atom. The fourth-order valence-corrected chi connectivity index (χ4v) is 2.92. The van der Waals surface area contributed by atoms with Crippen molar-refractivity contribution in [3.05, 3.63) is 84.3 Å². The summed E-state index contributed by atoms with van der Waals surface area (Å²) in [7, 11) is 0. The van der Waals surface area contributed by atoms with Crippen LogP contribution in [0.1, 0.15) is 11.3 Å². The van der Waals surface area contributed by atoms with Crippen LogP contribution in [0.15, 0.2) is 73.1 Å². The van der Waals surface area contributed by atoms with Crippen LogP contribution in [0.25, 0.3) is 27.7 Å². The Morgan fingerprint density at radius 1 is 0.958 bits per heavy atom. The van der Waals surface area contributed by atoms with Crippen molar-refractivity contribution in [3.63, 3.8) is 0 Å². The van der Waals surface area contributed by atoms with Crippen LogP contribution < -0.4 is 0 Å². The number of pyridine rings is 1. The van der Waals surface area contributed by atoms with Crippen molar-refractivity contribution < 1.29 is 0 Å². The molecule has 2 aromatic carbocycles. The van der Waals surface area contributed by atoms with Crippen molar-refractivity contribution in [1.29, 1.82) is 5.26 Å². The first-order valence-corrected chi connectivity index (χ1v) is 7.79. The molecule has 2 heterocycles. The van der Waals surface area contributed by atoms with Crippen LogP contribution in [-0.2, 0) is 0 Å². The van der Waals surface area contributed by atoms with Gasteiger partial charge in [-0.3, -0.25) is 4.98 Å². The number of benzene rings is 2. The molecule has 0 fully saturated rings. The molecule has 114 valence electrons. The number of hydrogen-bond acceptors (Lipinski definition) is 2. The zero-order valence-electron chi connectivity index (χ0n) is 13.3. The molecule has 0 bridgehead atoms. The van der Waals surface area contributed by atoms with Crippen LogP contribution in [0, 0.1) is 18.3 Å². The fourth-order valence-electron chi connectivity index (χ4n) is 2.92. The lowest BCUT2D eigenvalue weighted by Crippen LogP contribution is -1.93. The molecule has 4 rings (SSSR count). The summed E-state index contributed by atoms with van der Waals surface area (Å²) >= 11 is 0. The highest BCUT2D eigenvalue weighted by atomic mass is 15.0. The van der Waals surface area contributed by atoms with Gasteiger partial charge in [0.25, 0.3) is 0 Å².